The van der Waals surface area contributed by atoms with E-state index < -0.39 is 5.41 Å². The summed E-state index contributed by atoms with van der Waals surface area (Å²) in [4.78, 5) is 26.5. The van der Waals surface area contributed by atoms with Crippen molar-refractivity contribution in [3.05, 3.63) is 48.2 Å². The third-order valence-electron chi connectivity index (χ3n) is 4.58. The van der Waals surface area contributed by atoms with E-state index in [0.29, 0.717) is 19.5 Å². The zero-order chi connectivity index (χ0) is 14.9. The molecule has 0 radical (unpaired) electrons. The second-order valence-corrected chi connectivity index (χ2v) is 6.07. The predicted octanol–water partition coefficient (Wildman–Crippen LogP) is 1.87. The molecule has 4 heteroatoms. The molecule has 110 valence electrons. The van der Waals surface area contributed by atoms with Crippen molar-refractivity contribution in [1.82, 2.24) is 10.2 Å². The monoisotopic (exact) mass is 284 g/mol. The summed E-state index contributed by atoms with van der Waals surface area (Å²) in [6.45, 7) is 5.03. The van der Waals surface area contributed by atoms with Gasteiger partial charge in [0.2, 0.25) is 11.8 Å². The summed E-state index contributed by atoms with van der Waals surface area (Å²) in [6.07, 6.45) is 2.77. The smallest absolute Gasteiger partial charge is 0.232 e. The average Bonchev–Trinajstić information content (AvgIpc) is 2.90. The van der Waals surface area contributed by atoms with Crippen LogP contribution in [0.1, 0.15) is 24.8 Å². The summed E-state index contributed by atoms with van der Waals surface area (Å²) in [7, 11) is 0. The fraction of sp³-hybridized carbons (Fsp3) is 0.412. The van der Waals surface area contributed by atoms with Crippen LogP contribution in [0.15, 0.2) is 42.6 Å². The number of piperidine rings is 1. The van der Waals surface area contributed by atoms with E-state index in [-0.39, 0.29) is 11.8 Å². The van der Waals surface area contributed by atoms with Gasteiger partial charge in [-0.2, -0.15) is 0 Å². The highest BCUT2D eigenvalue weighted by Crippen LogP contribution is 2.39. The van der Waals surface area contributed by atoms with E-state index in [1.54, 1.807) is 0 Å². The molecule has 2 aliphatic rings. The number of carbonyl (C=O) groups is 2. The molecule has 1 atom stereocenters. The summed E-state index contributed by atoms with van der Waals surface area (Å²) < 4.78 is 0. The Kier molecular flexibility index (Phi) is 3.53. The molecule has 1 aromatic carbocycles. The van der Waals surface area contributed by atoms with Gasteiger partial charge in [-0.05, 0) is 24.8 Å². The first-order chi connectivity index (χ1) is 10.1. The van der Waals surface area contributed by atoms with E-state index in [1.165, 1.54) is 0 Å². The molecule has 1 unspecified atom stereocenters. The van der Waals surface area contributed by atoms with E-state index >= 15 is 0 Å². The van der Waals surface area contributed by atoms with Gasteiger partial charge < -0.3 is 10.2 Å². The van der Waals surface area contributed by atoms with Crippen LogP contribution in [0.2, 0.25) is 0 Å². The Morgan fingerprint density at radius 2 is 2.05 bits per heavy atom. The van der Waals surface area contributed by atoms with Gasteiger partial charge in [-0.15, -0.1) is 0 Å². The van der Waals surface area contributed by atoms with Crippen LogP contribution in [0.25, 0.3) is 0 Å². The molecule has 2 heterocycles. The van der Waals surface area contributed by atoms with Gasteiger partial charge in [0.25, 0.3) is 0 Å². The van der Waals surface area contributed by atoms with Crippen molar-refractivity contribution in [2.24, 2.45) is 5.41 Å². The van der Waals surface area contributed by atoms with E-state index in [4.69, 9.17) is 0 Å². The molecule has 0 saturated carbocycles. The quantitative estimate of drug-likeness (QED) is 0.901. The van der Waals surface area contributed by atoms with Crippen LogP contribution < -0.4 is 5.32 Å². The molecule has 2 fully saturated rings. The molecule has 3 rings (SSSR count). The molecule has 2 saturated heterocycles. The molecule has 1 N–H and O–H groups in total. The van der Waals surface area contributed by atoms with Crippen LogP contribution in [0.3, 0.4) is 0 Å². The Bertz CT molecular complexity index is 582. The van der Waals surface area contributed by atoms with Crippen molar-refractivity contribution < 1.29 is 9.59 Å². The molecule has 2 amide bonds. The van der Waals surface area contributed by atoms with E-state index in [9.17, 15) is 9.59 Å². The minimum Gasteiger partial charge on any atom is -0.341 e. The third kappa shape index (κ3) is 2.71. The van der Waals surface area contributed by atoms with Gasteiger partial charge in [0.15, 0.2) is 0 Å². The first-order valence-corrected chi connectivity index (χ1v) is 7.40. The molecular weight excluding hydrogens is 264 g/mol. The highest BCUT2D eigenvalue weighted by Gasteiger charge is 2.47. The summed E-state index contributed by atoms with van der Waals surface area (Å²) in [5.74, 6) is 0.143. The van der Waals surface area contributed by atoms with Gasteiger partial charge in [-0.1, -0.05) is 36.9 Å². The number of carbonyl (C=O) groups excluding carboxylic acids is 2. The molecule has 0 aromatic heterocycles. The Morgan fingerprint density at radius 1 is 1.29 bits per heavy atom. The minimum absolute atomic E-state index is 0.0359. The first kappa shape index (κ1) is 13.9. The number of benzene rings is 1. The van der Waals surface area contributed by atoms with Crippen LogP contribution in [0.5, 0.6) is 0 Å². The highest BCUT2D eigenvalue weighted by atomic mass is 16.2. The minimum atomic E-state index is -0.395. The van der Waals surface area contributed by atoms with Crippen molar-refractivity contribution in [3.63, 3.8) is 0 Å². The maximum absolute atomic E-state index is 12.4. The normalized spacial score (nSPS) is 25.2. The summed E-state index contributed by atoms with van der Waals surface area (Å²) in [5.41, 5.74) is 1.41. The fourth-order valence-corrected chi connectivity index (χ4v) is 3.22. The predicted molar refractivity (Wildman–Crippen MR) is 80.3 cm³/mol. The second kappa shape index (κ2) is 5.35. The van der Waals surface area contributed by atoms with Crippen molar-refractivity contribution >= 4 is 11.8 Å². The first-order valence-electron chi connectivity index (χ1n) is 7.40. The lowest BCUT2D eigenvalue weighted by atomic mass is 9.78. The lowest BCUT2D eigenvalue weighted by Crippen LogP contribution is -2.46. The molecule has 21 heavy (non-hydrogen) atoms. The van der Waals surface area contributed by atoms with Crippen LogP contribution in [-0.4, -0.2) is 29.8 Å². The average molecular weight is 284 g/mol. The molecule has 0 aliphatic carbocycles. The van der Waals surface area contributed by atoms with Crippen LogP contribution >= 0.6 is 0 Å². The van der Waals surface area contributed by atoms with E-state index in [0.717, 1.165) is 30.5 Å². The van der Waals surface area contributed by atoms with Crippen LogP contribution in [-0.2, 0) is 16.0 Å². The number of nitrogens with zero attached hydrogens (tertiary/aromatic N) is 1. The Balaban J connectivity index is 1.65. The maximum Gasteiger partial charge on any atom is 0.232 e. The zero-order valence-corrected chi connectivity index (χ0v) is 12.1. The van der Waals surface area contributed by atoms with Gasteiger partial charge in [0, 0.05) is 18.8 Å². The van der Waals surface area contributed by atoms with Crippen molar-refractivity contribution in [3.8, 4) is 0 Å². The Labute approximate surface area is 124 Å². The number of likely N-dealkylation sites (tertiary alicyclic amines) is 1. The van der Waals surface area contributed by atoms with Gasteiger partial charge in [0.1, 0.15) is 0 Å². The van der Waals surface area contributed by atoms with Gasteiger partial charge >= 0.3 is 0 Å². The Hall–Kier alpha value is -2.10. The number of nitrogens with one attached hydrogen (secondary N) is 1. The molecule has 1 spiro atoms. The molecule has 2 aliphatic heterocycles. The number of amides is 2. The number of rotatable bonds is 2. The lowest BCUT2D eigenvalue weighted by Gasteiger charge is -2.33. The zero-order valence-electron chi connectivity index (χ0n) is 12.1. The molecular formula is C17H20N2O2. The second-order valence-electron chi connectivity index (χ2n) is 6.07. The standard InChI is InChI=1S/C17H20N2O2/c1-13-7-8-17(16(21)18-13)9-10-19(12-17)15(20)11-14-5-3-2-4-6-14/h2-6H,1,7-12H2,(H,18,21). The van der Waals surface area contributed by atoms with Crippen LogP contribution in [0, 0.1) is 5.41 Å². The van der Waals surface area contributed by atoms with E-state index in [1.807, 2.05) is 35.2 Å². The van der Waals surface area contributed by atoms with Crippen molar-refractivity contribution in [2.75, 3.05) is 13.1 Å². The Morgan fingerprint density at radius 3 is 2.76 bits per heavy atom. The summed E-state index contributed by atoms with van der Waals surface area (Å²) in [5, 5.41) is 2.85. The topological polar surface area (TPSA) is 49.4 Å². The largest absolute Gasteiger partial charge is 0.341 e. The van der Waals surface area contributed by atoms with Crippen molar-refractivity contribution in [2.45, 2.75) is 25.7 Å². The fourth-order valence-electron chi connectivity index (χ4n) is 3.22. The lowest BCUT2D eigenvalue weighted by molar-refractivity contribution is -0.133. The molecule has 0 bridgehead atoms. The summed E-state index contributed by atoms with van der Waals surface area (Å²) in [6, 6.07) is 9.74. The maximum atomic E-state index is 12.4. The van der Waals surface area contributed by atoms with E-state index in [2.05, 4.69) is 11.9 Å². The molecule has 1 aromatic rings. The number of hydrogen-bond acceptors (Lipinski definition) is 2. The van der Waals surface area contributed by atoms with Crippen molar-refractivity contribution in [1.29, 1.82) is 0 Å². The van der Waals surface area contributed by atoms with Gasteiger partial charge in [-0.25, -0.2) is 0 Å². The molecule has 4 nitrogen and oxygen atoms in total. The number of hydrogen-bond donors (Lipinski definition) is 1. The number of allylic oxidation sites excluding steroid dienone is 1. The van der Waals surface area contributed by atoms with Gasteiger partial charge in [-0.3, -0.25) is 9.59 Å². The van der Waals surface area contributed by atoms with Gasteiger partial charge in [0.05, 0.1) is 11.8 Å². The SMILES string of the molecule is C=C1CCC2(CCN(C(=O)Cc3ccccc3)C2)C(=O)N1. The summed E-state index contributed by atoms with van der Waals surface area (Å²) >= 11 is 0. The third-order valence-corrected chi connectivity index (χ3v) is 4.58. The van der Waals surface area contributed by atoms with Crippen LogP contribution in [0.4, 0.5) is 0 Å². The highest BCUT2D eigenvalue weighted by molar-refractivity contribution is 5.87.